The van der Waals surface area contributed by atoms with Crippen LogP contribution < -0.4 is 4.74 Å². The smallest absolute Gasteiger partial charge is 0.303 e. The van der Waals surface area contributed by atoms with E-state index in [1.807, 2.05) is 0 Å². The van der Waals surface area contributed by atoms with Gasteiger partial charge in [0, 0.05) is 23.9 Å². The number of aliphatic carboxylic acids is 1. The largest absolute Gasteiger partial charge is 0.488 e. The molecule has 1 aromatic heterocycles. The number of hydrogen-bond acceptors (Lipinski definition) is 4. The standard InChI is InChI=1S/C19H19F2NO3S/c20-15-9-13(10-16(21)18(15)25-8-2-4-17(23)24)14-3-1-7-22-19(14)26-11-12-5-6-12/h1,3,7,9-10,12H,2,4-6,8,11H2,(H,23,24). The van der Waals surface area contributed by atoms with Gasteiger partial charge in [0.25, 0.3) is 0 Å². The second kappa shape index (κ2) is 8.49. The Hall–Kier alpha value is -2.15. The van der Waals surface area contributed by atoms with Crippen LogP contribution in [0.2, 0.25) is 0 Å². The zero-order valence-electron chi connectivity index (χ0n) is 14.1. The summed E-state index contributed by atoms with van der Waals surface area (Å²) >= 11 is 1.61. The maximum Gasteiger partial charge on any atom is 0.303 e. The third kappa shape index (κ3) is 4.94. The molecule has 4 nitrogen and oxygen atoms in total. The van der Waals surface area contributed by atoms with Gasteiger partial charge in [0.15, 0.2) is 17.4 Å². The Kier molecular flexibility index (Phi) is 6.08. The lowest BCUT2D eigenvalue weighted by molar-refractivity contribution is -0.137. The lowest BCUT2D eigenvalue weighted by atomic mass is 10.1. The van der Waals surface area contributed by atoms with Crippen LogP contribution in [0.3, 0.4) is 0 Å². The van der Waals surface area contributed by atoms with Crippen LogP contribution in [0.25, 0.3) is 11.1 Å². The molecule has 0 saturated heterocycles. The van der Waals surface area contributed by atoms with E-state index in [0.29, 0.717) is 17.0 Å². The average Bonchev–Trinajstić information content (AvgIpc) is 3.43. The monoisotopic (exact) mass is 379 g/mol. The molecule has 1 aliphatic carbocycles. The molecule has 1 heterocycles. The molecule has 0 bridgehead atoms. The average molecular weight is 379 g/mol. The Balaban J connectivity index is 1.75. The fourth-order valence-corrected chi connectivity index (χ4v) is 3.66. The van der Waals surface area contributed by atoms with Crippen LogP contribution in [0, 0.1) is 17.6 Å². The number of carboxylic acid groups (broad SMARTS) is 1. The number of ether oxygens (including phenoxy) is 1. The number of hydrogen-bond donors (Lipinski definition) is 1. The molecule has 0 radical (unpaired) electrons. The summed E-state index contributed by atoms with van der Waals surface area (Å²) in [4.78, 5) is 14.8. The Morgan fingerprint density at radius 2 is 2.04 bits per heavy atom. The maximum atomic E-state index is 14.3. The van der Waals surface area contributed by atoms with Crippen LogP contribution in [-0.4, -0.2) is 28.4 Å². The highest BCUT2D eigenvalue weighted by atomic mass is 32.2. The van der Waals surface area contributed by atoms with E-state index in [9.17, 15) is 13.6 Å². The zero-order chi connectivity index (χ0) is 18.5. The molecule has 1 N–H and O–H groups in total. The lowest BCUT2D eigenvalue weighted by Gasteiger charge is -2.12. The van der Waals surface area contributed by atoms with Crippen molar-refractivity contribution in [2.45, 2.75) is 30.7 Å². The number of pyridine rings is 1. The van der Waals surface area contributed by atoms with Crippen molar-refractivity contribution in [3.63, 3.8) is 0 Å². The normalized spacial score (nSPS) is 13.6. The Bertz CT molecular complexity index is 773. The summed E-state index contributed by atoms with van der Waals surface area (Å²) in [5.41, 5.74) is 1.10. The molecular formula is C19H19F2NO3S. The number of rotatable bonds is 9. The molecule has 1 aromatic carbocycles. The first kappa shape index (κ1) is 18.6. The van der Waals surface area contributed by atoms with Gasteiger partial charge < -0.3 is 9.84 Å². The van der Waals surface area contributed by atoms with Gasteiger partial charge in [0.05, 0.1) is 6.61 Å². The van der Waals surface area contributed by atoms with Crippen molar-refractivity contribution >= 4 is 17.7 Å². The molecule has 138 valence electrons. The number of nitrogens with zero attached hydrogens (tertiary/aromatic N) is 1. The number of carboxylic acids is 1. The molecule has 1 aliphatic rings. The van der Waals surface area contributed by atoms with E-state index in [4.69, 9.17) is 9.84 Å². The SMILES string of the molecule is O=C(O)CCCOc1c(F)cc(-c2cccnc2SCC2CC2)cc1F. The molecule has 0 aliphatic heterocycles. The van der Waals surface area contributed by atoms with Crippen molar-refractivity contribution in [3.8, 4) is 16.9 Å². The van der Waals surface area contributed by atoms with E-state index in [1.165, 1.54) is 25.0 Å². The van der Waals surface area contributed by atoms with Crippen molar-refractivity contribution in [2.75, 3.05) is 12.4 Å². The quantitative estimate of drug-likeness (QED) is 0.502. The van der Waals surface area contributed by atoms with Crippen molar-refractivity contribution < 1.29 is 23.4 Å². The van der Waals surface area contributed by atoms with Crippen molar-refractivity contribution in [2.24, 2.45) is 5.92 Å². The second-order valence-corrected chi connectivity index (χ2v) is 7.23. The van der Waals surface area contributed by atoms with E-state index in [-0.39, 0.29) is 19.4 Å². The zero-order valence-corrected chi connectivity index (χ0v) is 14.9. The van der Waals surface area contributed by atoms with Gasteiger partial charge in [-0.25, -0.2) is 13.8 Å². The first-order chi connectivity index (χ1) is 12.5. The second-order valence-electron chi connectivity index (χ2n) is 6.23. The molecule has 0 unspecified atom stereocenters. The molecule has 1 fully saturated rings. The fraction of sp³-hybridized carbons (Fsp3) is 0.368. The molecule has 0 spiro atoms. The van der Waals surface area contributed by atoms with Crippen LogP contribution in [0.5, 0.6) is 5.75 Å². The van der Waals surface area contributed by atoms with Crippen LogP contribution in [-0.2, 0) is 4.79 Å². The van der Waals surface area contributed by atoms with Gasteiger partial charge in [0.2, 0.25) is 0 Å². The minimum Gasteiger partial charge on any atom is -0.488 e. The van der Waals surface area contributed by atoms with Gasteiger partial charge in [-0.3, -0.25) is 4.79 Å². The predicted octanol–water partition coefficient (Wildman–Crippen LogP) is 4.77. The highest BCUT2D eigenvalue weighted by Crippen LogP contribution is 2.38. The minimum atomic E-state index is -0.974. The van der Waals surface area contributed by atoms with Gasteiger partial charge in [-0.15, -0.1) is 11.8 Å². The van der Waals surface area contributed by atoms with Crippen molar-refractivity contribution in [1.82, 2.24) is 4.98 Å². The summed E-state index contributed by atoms with van der Waals surface area (Å²) in [7, 11) is 0. The first-order valence-corrected chi connectivity index (χ1v) is 9.45. The van der Waals surface area contributed by atoms with E-state index in [0.717, 1.165) is 10.8 Å². The topological polar surface area (TPSA) is 59.4 Å². The van der Waals surface area contributed by atoms with E-state index in [1.54, 1.807) is 30.1 Å². The lowest BCUT2D eigenvalue weighted by Crippen LogP contribution is -2.05. The van der Waals surface area contributed by atoms with Crippen LogP contribution in [0.4, 0.5) is 8.78 Å². The number of halogens is 2. The van der Waals surface area contributed by atoms with Crippen molar-refractivity contribution in [3.05, 3.63) is 42.1 Å². The third-order valence-corrected chi connectivity index (χ3v) is 5.25. The van der Waals surface area contributed by atoms with Gasteiger partial charge in [-0.2, -0.15) is 0 Å². The summed E-state index contributed by atoms with van der Waals surface area (Å²) in [5.74, 6) is -1.40. The number of carbonyl (C=O) groups is 1. The van der Waals surface area contributed by atoms with Gasteiger partial charge in [-0.1, -0.05) is 6.07 Å². The van der Waals surface area contributed by atoms with Crippen LogP contribution in [0.15, 0.2) is 35.5 Å². The number of benzene rings is 1. The summed E-state index contributed by atoms with van der Waals surface area (Å²) in [6, 6.07) is 5.99. The minimum absolute atomic E-state index is 0.0606. The summed E-state index contributed by atoms with van der Waals surface area (Å²) in [6.45, 7) is -0.0606. The molecule has 1 saturated carbocycles. The maximum absolute atomic E-state index is 14.3. The Morgan fingerprint density at radius 1 is 1.31 bits per heavy atom. The predicted molar refractivity (Wildman–Crippen MR) is 95.4 cm³/mol. The van der Waals surface area contributed by atoms with E-state index < -0.39 is 23.4 Å². The first-order valence-electron chi connectivity index (χ1n) is 8.46. The summed E-state index contributed by atoms with van der Waals surface area (Å²) in [6.07, 6.45) is 4.20. The highest BCUT2D eigenvalue weighted by Gasteiger charge is 2.22. The molecule has 0 amide bonds. The Morgan fingerprint density at radius 3 is 2.69 bits per heavy atom. The molecule has 7 heteroatoms. The summed E-state index contributed by atoms with van der Waals surface area (Å²) in [5, 5.41) is 9.34. The van der Waals surface area contributed by atoms with Crippen LogP contribution in [0.1, 0.15) is 25.7 Å². The van der Waals surface area contributed by atoms with E-state index >= 15 is 0 Å². The summed E-state index contributed by atoms with van der Waals surface area (Å²) < 4.78 is 33.8. The fourth-order valence-electron chi connectivity index (χ4n) is 2.46. The third-order valence-electron chi connectivity index (χ3n) is 4.01. The highest BCUT2D eigenvalue weighted by molar-refractivity contribution is 7.99. The molecule has 2 aromatic rings. The van der Waals surface area contributed by atoms with Gasteiger partial charge >= 0.3 is 5.97 Å². The van der Waals surface area contributed by atoms with Gasteiger partial charge in [0.1, 0.15) is 5.03 Å². The molecular weight excluding hydrogens is 360 g/mol. The van der Waals surface area contributed by atoms with Gasteiger partial charge in [-0.05, 0) is 48.9 Å². The molecule has 0 atom stereocenters. The number of aromatic nitrogens is 1. The van der Waals surface area contributed by atoms with Crippen LogP contribution >= 0.6 is 11.8 Å². The number of thioether (sulfide) groups is 1. The van der Waals surface area contributed by atoms with Crippen molar-refractivity contribution in [1.29, 1.82) is 0 Å². The molecule has 26 heavy (non-hydrogen) atoms. The van der Waals surface area contributed by atoms with E-state index in [2.05, 4.69) is 4.98 Å². The molecule has 3 rings (SSSR count). The Labute approximate surface area is 154 Å².